The Morgan fingerprint density at radius 1 is 1.18 bits per heavy atom. The zero-order chi connectivity index (χ0) is 15.5. The molecule has 0 fully saturated rings. The number of ether oxygens (including phenoxy) is 1. The van der Waals surface area contributed by atoms with E-state index in [1.807, 2.05) is 61.7 Å². The number of aromatic amines is 1. The molecule has 22 heavy (non-hydrogen) atoms. The monoisotopic (exact) mass is 296 g/mol. The zero-order valence-corrected chi connectivity index (χ0v) is 12.8. The van der Waals surface area contributed by atoms with Gasteiger partial charge in [0.05, 0.1) is 13.2 Å². The fourth-order valence-electron chi connectivity index (χ4n) is 2.66. The Kier molecular flexibility index (Phi) is 4.13. The van der Waals surface area contributed by atoms with Gasteiger partial charge in [0.1, 0.15) is 5.75 Å². The average Bonchev–Trinajstić information content (AvgIpc) is 2.97. The number of methoxy groups -OCH3 is 1. The molecule has 1 atom stereocenters. The molecule has 4 nitrogen and oxygen atoms in total. The number of hydroxylamine groups is 2. The van der Waals surface area contributed by atoms with Crippen LogP contribution in [0.3, 0.4) is 0 Å². The minimum atomic E-state index is -0.124. The molecule has 0 aliphatic heterocycles. The highest BCUT2D eigenvalue weighted by Gasteiger charge is 2.18. The first kappa shape index (κ1) is 14.6. The van der Waals surface area contributed by atoms with Gasteiger partial charge in [-0.05, 0) is 36.2 Å². The van der Waals surface area contributed by atoms with Gasteiger partial charge in [0.2, 0.25) is 0 Å². The van der Waals surface area contributed by atoms with Crippen molar-refractivity contribution in [3.63, 3.8) is 0 Å². The third kappa shape index (κ3) is 2.84. The molecular formula is C18H20N2O2. The van der Waals surface area contributed by atoms with Crippen molar-refractivity contribution in [1.82, 2.24) is 10.0 Å². The number of aromatic nitrogens is 1. The number of benzene rings is 2. The molecule has 0 aliphatic carbocycles. The van der Waals surface area contributed by atoms with Gasteiger partial charge in [-0.2, -0.15) is 5.06 Å². The minimum absolute atomic E-state index is 0.124. The van der Waals surface area contributed by atoms with Gasteiger partial charge in [0, 0.05) is 23.6 Å². The van der Waals surface area contributed by atoms with E-state index in [4.69, 9.17) is 4.74 Å². The van der Waals surface area contributed by atoms with Crippen molar-refractivity contribution in [1.29, 1.82) is 0 Å². The summed E-state index contributed by atoms with van der Waals surface area (Å²) in [5.41, 5.74) is 3.16. The fraction of sp³-hybridized carbons (Fsp3) is 0.222. The highest BCUT2D eigenvalue weighted by atomic mass is 16.5. The molecule has 1 unspecified atom stereocenters. The van der Waals surface area contributed by atoms with Gasteiger partial charge in [0.15, 0.2) is 0 Å². The molecule has 1 aromatic heterocycles. The molecule has 3 aromatic rings. The maximum Gasteiger partial charge on any atom is 0.119 e. The number of hydrogen-bond donors (Lipinski definition) is 2. The van der Waals surface area contributed by atoms with Crippen molar-refractivity contribution in [2.45, 2.75) is 19.5 Å². The van der Waals surface area contributed by atoms with E-state index in [1.54, 1.807) is 7.11 Å². The van der Waals surface area contributed by atoms with Crippen molar-refractivity contribution in [2.75, 3.05) is 7.11 Å². The quantitative estimate of drug-likeness (QED) is 0.696. The van der Waals surface area contributed by atoms with Crippen LogP contribution < -0.4 is 4.74 Å². The van der Waals surface area contributed by atoms with Crippen molar-refractivity contribution in [2.24, 2.45) is 0 Å². The third-order valence-corrected chi connectivity index (χ3v) is 4.01. The summed E-state index contributed by atoms with van der Waals surface area (Å²) in [6.45, 7) is 2.48. The van der Waals surface area contributed by atoms with E-state index in [0.717, 1.165) is 27.8 Å². The van der Waals surface area contributed by atoms with Crippen LogP contribution in [0.2, 0.25) is 0 Å². The maximum absolute atomic E-state index is 10.4. The fourth-order valence-corrected chi connectivity index (χ4v) is 2.66. The lowest BCUT2D eigenvalue weighted by Crippen LogP contribution is -2.22. The van der Waals surface area contributed by atoms with Gasteiger partial charge < -0.3 is 14.9 Å². The molecule has 4 heteroatoms. The van der Waals surface area contributed by atoms with Crippen LogP contribution in [0, 0.1) is 0 Å². The second-order valence-electron chi connectivity index (χ2n) is 5.41. The normalized spacial score (nSPS) is 12.7. The van der Waals surface area contributed by atoms with Crippen molar-refractivity contribution in [3.05, 3.63) is 65.9 Å². The van der Waals surface area contributed by atoms with Gasteiger partial charge in [-0.15, -0.1) is 0 Å². The van der Waals surface area contributed by atoms with Crippen LogP contribution >= 0.6 is 0 Å². The number of nitrogens with one attached hydrogen (secondary N) is 1. The smallest absolute Gasteiger partial charge is 0.119 e. The zero-order valence-electron chi connectivity index (χ0n) is 12.8. The van der Waals surface area contributed by atoms with Crippen LogP contribution in [-0.4, -0.2) is 22.4 Å². The average molecular weight is 296 g/mol. The Labute approximate surface area is 129 Å². The number of H-pyrrole nitrogens is 1. The van der Waals surface area contributed by atoms with Crippen LogP contribution in [0.4, 0.5) is 0 Å². The molecule has 1 heterocycles. The van der Waals surface area contributed by atoms with Gasteiger partial charge in [-0.1, -0.05) is 30.3 Å². The first-order valence-electron chi connectivity index (χ1n) is 7.33. The summed E-state index contributed by atoms with van der Waals surface area (Å²) in [4.78, 5) is 3.25. The lowest BCUT2D eigenvalue weighted by atomic mass is 10.1. The second-order valence-corrected chi connectivity index (χ2v) is 5.41. The van der Waals surface area contributed by atoms with E-state index < -0.39 is 0 Å². The highest BCUT2D eigenvalue weighted by molar-refractivity contribution is 5.85. The molecule has 114 valence electrons. The van der Waals surface area contributed by atoms with Crippen LogP contribution in [0.25, 0.3) is 10.9 Å². The van der Waals surface area contributed by atoms with Crippen LogP contribution in [0.15, 0.2) is 54.7 Å². The van der Waals surface area contributed by atoms with Crippen LogP contribution in [0.5, 0.6) is 5.75 Å². The van der Waals surface area contributed by atoms with E-state index in [9.17, 15) is 5.21 Å². The van der Waals surface area contributed by atoms with Crippen molar-refractivity contribution < 1.29 is 9.94 Å². The molecule has 0 saturated heterocycles. The Balaban J connectivity index is 1.86. The number of rotatable bonds is 5. The lowest BCUT2D eigenvalue weighted by Gasteiger charge is -2.22. The molecular weight excluding hydrogens is 276 g/mol. The topological polar surface area (TPSA) is 48.5 Å². The minimum Gasteiger partial charge on any atom is -0.497 e. The number of fused-ring (bicyclic) bond motifs is 1. The molecule has 0 aliphatic rings. The van der Waals surface area contributed by atoms with Gasteiger partial charge in [0.25, 0.3) is 0 Å². The third-order valence-electron chi connectivity index (χ3n) is 4.01. The SMILES string of the molecule is COc1ccc2[nH]cc(C(C)N(O)Cc3ccccc3)c2c1. The van der Waals surface area contributed by atoms with E-state index in [1.165, 1.54) is 5.06 Å². The summed E-state index contributed by atoms with van der Waals surface area (Å²) >= 11 is 0. The standard InChI is InChI=1S/C18H20N2O2/c1-13(20(21)12-14-6-4-3-5-7-14)17-11-19-18-9-8-15(22-2)10-16(17)18/h3-11,13,19,21H,12H2,1-2H3. The predicted octanol–water partition coefficient (Wildman–Crippen LogP) is 4.13. The Morgan fingerprint density at radius 2 is 1.95 bits per heavy atom. The van der Waals surface area contributed by atoms with E-state index in [0.29, 0.717) is 6.54 Å². The molecule has 0 radical (unpaired) electrons. The molecule has 2 N–H and O–H groups in total. The number of nitrogens with zero attached hydrogens (tertiary/aromatic N) is 1. The van der Waals surface area contributed by atoms with Gasteiger partial charge in [-0.3, -0.25) is 0 Å². The first-order valence-corrected chi connectivity index (χ1v) is 7.33. The van der Waals surface area contributed by atoms with Crippen molar-refractivity contribution in [3.8, 4) is 5.75 Å². The second kappa shape index (κ2) is 6.22. The first-order chi connectivity index (χ1) is 10.7. The van der Waals surface area contributed by atoms with E-state index in [-0.39, 0.29) is 6.04 Å². The maximum atomic E-state index is 10.4. The largest absolute Gasteiger partial charge is 0.497 e. The van der Waals surface area contributed by atoms with Crippen LogP contribution in [0.1, 0.15) is 24.1 Å². The molecule has 0 amide bonds. The summed E-state index contributed by atoms with van der Waals surface area (Å²) in [7, 11) is 1.66. The summed E-state index contributed by atoms with van der Waals surface area (Å²) in [6, 6.07) is 15.7. The molecule has 2 aromatic carbocycles. The highest BCUT2D eigenvalue weighted by Crippen LogP contribution is 2.30. The Hall–Kier alpha value is -2.30. The number of hydrogen-bond acceptors (Lipinski definition) is 3. The predicted molar refractivity (Wildman–Crippen MR) is 87.0 cm³/mol. The van der Waals surface area contributed by atoms with Crippen molar-refractivity contribution >= 4 is 10.9 Å². The van der Waals surface area contributed by atoms with E-state index >= 15 is 0 Å². The summed E-state index contributed by atoms with van der Waals surface area (Å²) in [5, 5.41) is 12.8. The molecule has 3 rings (SSSR count). The van der Waals surface area contributed by atoms with Gasteiger partial charge >= 0.3 is 0 Å². The Morgan fingerprint density at radius 3 is 2.68 bits per heavy atom. The summed E-state index contributed by atoms with van der Waals surface area (Å²) in [6.07, 6.45) is 1.95. The lowest BCUT2D eigenvalue weighted by molar-refractivity contribution is -0.131. The molecule has 0 spiro atoms. The Bertz CT molecular complexity index is 752. The molecule has 0 saturated carbocycles. The van der Waals surface area contributed by atoms with Gasteiger partial charge in [-0.25, -0.2) is 0 Å². The van der Waals surface area contributed by atoms with Crippen LogP contribution in [-0.2, 0) is 6.54 Å². The molecule has 0 bridgehead atoms. The summed E-state index contributed by atoms with van der Waals surface area (Å²) < 4.78 is 5.29. The summed E-state index contributed by atoms with van der Waals surface area (Å²) in [5.74, 6) is 0.813. The van der Waals surface area contributed by atoms with E-state index in [2.05, 4.69) is 4.98 Å².